The van der Waals surface area contributed by atoms with Crippen LogP contribution in [0, 0.1) is 5.41 Å². The number of hydrogen-bond donors (Lipinski definition) is 1. The number of hydrogen-bond acceptors (Lipinski definition) is 2. The maximum atomic E-state index is 11.6. The van der Waals surface area contributed by atoms with Gasteiger partial charge in [-0.1, -0.05) is 6.42 Å². The van der Waals surface area contributed by atoms with E-state index in [1.807, 2.05) is 0 Å². The number of ketones is 1. The van der Waals surface area contributed by atoms with Gasteiger partial charge in [-0.3, -0.25) is 9.59 Å². The maximum Gasteiger partial charge on any atom is 0.233 e. The smallest absolute Gasteiger partial charge is 0.233 e. The van der Waals surface area contributed by atoms with Gasteiger partial charge in [0, 0.05) is 13.0 Å². The van der Waals surface area contributed by atoms with Gasteiger partial charge in [-0.25, -0.2) is 0 Å². The summed E-state index contributed by atoms with van der Waals surface area (Å²) in [5, 5.41) is 2.75. The lowest BCUT2D eigenvalue weighted by Crippen LogP contribution is -2.40. The molecule has 0 aromatic carbocycles. The molecular formula is C9H13NO2. The number of Topliss-reactive ketones (excluding diaryl/α,β-unsaturated/α-hetero) is 1. The fourth-order valence-corrected chi connectivity index (χ4v) is 2.27. The summed E-state index contributed by atoms with van der Waals surface area (Å²) in [7, 11) is 0. The molecule has 1 N–H and O–H groups in total. The number of nitrogens with one attached hydrogen (secondary N) is 1. The number of carbonyl (C=O) groups is 2. The lowest BCUT2D eigenvalue weighted by atomic mass is 9.72. The first-order chi connectivity index (χ1) is 5.76. The molecule has 1 unspecified atom stereocenters. The van der Waals surface area contributed by atoms with Gasteiger partial charge in [0.25, 0.3) is 0 Å². The average molecular weight is 167 g/mol. The fourth-order valence-electron chi connectivity index (χ4n) is 2.27. The minimum atomic E-state index is -0.599. The minimum Gasteiger partial charge on any atom is -0.355 e. The van der Waals surface area contributed by atoms with Crippen LogP contribution < -0.4 is 5.32 Å². The first kappa shape index (κ1) is 7.77. The molecule has 0 aromatic heterocycles. The molecule has 3 heteroatoms. The largest absolute Gasteiger partial charge is 0.355 e. The van der Waals surface area contributed by atoms with E-state index >= 15 is 0 Å². The summed E-state index contributed by atoms with van der Waals surface area (Å²) in [4.78, 5) is 23.0. The second kappa shape index (κ2) is 2.57. The van der Waals surface area contributed by atoms with E-state index in [4.69, 9.17) is 0 Å². The molecule has 1 aliphatic heterocycles. The van der Waals surface area contributed by atoms with Crippen LogP contribution >= 0.6 is 0 Å². The molecule has 3 nitrogen and oxygen atoms in total. The molecule has 66 valence electrons. The molecule has 1 saturated heterocycles. The molecule has 1 saturated carbocycles. The Labute approximate surface area is 71.5 Å². The van der Waals surface area contributed by atoms with Gasteiger partial charge >= 0.3 is 0 Å². The number of rotatable bonds is 0. The van der Waals surface area contributed by atoms with E-state index in [1.54, 1.807) is 0 Å². The first-order valence-electron chi connectivity index (χ1n) is 4.57. The van der Waals surface area contributed by atoms with E-state index in [-0.39, 0.29) is 11.7 Å². The van der Waals surface area contributed by atoms with Gasteiger partial charge < -0.3 is 5.32 Å². The standard InChI is InChI=1S/C9H13NO2/c11-7-3-1-2-4-9(7)5-6-10-8(9)12/h1-6H2,(H,10,12). The second-order valence-electron chi connectivity index (χ2n) is 3.72. The van der Waals surface area contributed by atoms with Crippen LogP contribution in [0.2, 0.25) is 0 Å². The SMILES string of the molecule is O=C1CCCCC12CCNC2=O. The van der Waals surface area contributed by atoms with Crippen molar-refractivity contribution in [2.45, 2.75) is 32.1 Å². The van der Waals surface area contributed by atoms with Crippen LogP contribution in [-0.4, -0.2) is 18.2 Å². The fraction of sp³-hybridized carbons (Fsp3) is 0.778. The summed E-state index contributed by atoms with van der Waals surface area (Å²) in [5.74, 6) is 0.149. The molecule has 12 heavy (non-hydrogen) atoms. The van der Waals surface area contributed by atoms with Crippen LogP contribution in [0.4, 0.5) is 0 Å². The molecule has 1 heterocycles. The van der Waals surface area contributed by atoms with Crippen molar-refractivity contribution in [2.24, 2.45) is 5.41 Å². The van der Waals surface area contributed by atoms with Crippen molar-refractivity contribution >= 4 is 11.7 Å². The summed E-state index contributed by atoms with van der Waals surface area (Å²) in [6, 6.07) is 0. The van der Waals surface area contributed by atoms with Crippen molar-refractivity contribution in [3.8, 4) is 0 Å². The third-order valence-corrected chi connectivity index (χ3v) is 3.06. The van der Waals surface area contributed by atoms with E-state index in [9.17, 15) is 9.59 Å². The molecule has 0 bridgehead atoms. The third kappa shape index (κ3) is 0.886. The molecule has 2 fully saturated rings. The molecular weight excluding hydrogens is 154 g/mol. The van der Waals surface area contributed by atoms with E-state index in [2.05, 4.69) is 5.32 Å². The Balaban J connectivity index is 2.27. The zero-order valence-corrected chi connectivity index (χ0v) is 7.06. The summed E-state index contributed by atoms with van der Waals surface area (Å²) in [6.07, 6.45) is 4.10. The van der Waals surface area contributed by atoms with Crippen LogP contribution in [0.3, 0.4) is 0 Å². The van der Waals surface area contributed by atoms with Crippen LogP contribution in [0.1, 0.15) is 32.1 Å². The third-order valence-electron chi connectivity index (χ3n) is 3.06. The van der Waals surface area contributed by atoms with Crippen molar-refractivity contribution in [2.75, 3.05) is 6.54 Å². The highest BCUT2D eigenvalue weighted by Gasteiger charge is 2.48. The molecule has 2 rings (SSSR count). The number of carbonyl (C=O) groups excluding carboxylic acids is 2. The topological polar surface area (TPSA) is 46.2 Å². The highest BCUT2D eigenvalue weighted by atomic mass is 16.2. The zero-order valence-electron chi connectivity index (χ0n) is 7.06. The van der Waals surface area contributed by atoms with Crippen molar-refractivity contribution in [3.63, 3.8) is 0 Å². The van der Waals surface area contributed by atoms with Gasteiger partial charge in [0.2, 0.25) is 5.91 Å². The lowest BCUT2D eigenvalue weighted by molar-refractivity contribution is -0.141. The normalized spacial score (nSPS) is 35.7. The van der Waals surface area contributed by atoms with Crippen molar-refractivity contribution in [3.05, 3.63) is 0 Å². The summed E-state index contributed by atoms with van der Waals surface area (Å²) in [6.45, 7) is 0.685. The first-order valence-corrected chi connectivity index (χ1v) is 4.57. The second-order valence-corrected chi connectivity index (χ2v) is 3.72. The summed E-state index contributed by atoms with van der Waals surface area (Å²) < 4.78 is 0. The van der Waals surface area contributed by atoms with Crippen LogP contribution in [0.25, 0.3) is 0 Å². The Bertz CT molecular complexity index is 237. The molecule has 1 atom stereocenters. The zero-order chi connectivity index (χ0) is 8.60. The predicted molar refractivity (Wildman–Crippen MR) is 43.5 cm³/mol. The van der Waals surface area contributed by atoms with Gasteiger partial charge in [-0.05, 0) is 19.3 Å². The molecule has 2 aliphatic rings. The van der Waals surface area contributed by atoms with Crippen LogP contribution in [-0.2, 0) is 9.59 Å². The quantitative estimate of drug-likeness (QED) is 0.538. The van der Waals surface area contributed by atoms with Gasteiger partial charge in [0.15, 0.2) is 0 Å². The average Bonchev–Trinajstić information content (AvgIpc) is 2.41. The van der Waals surface area contributed by atoms with Crippen LogP contribution in [0.15, 0.2) is 0 Å². The molecule has 0 aromatic rings. The highest BCUT2D eigenvalue weighted by molar-refractivity contribution is 6.07. The Morgan fingerprint density at radius 1 is 1.17 bits per heavy atom. The Hall–Kier alpha value is -0.860. The Morgan fingerprint density at radius 3 is 2.58 bits per heavy atom. The van der Waals surface area contributed by atoms with E-state index in [0.717, 1.165) is 25.7 Å². The van der Waals surface area contributed by atoms with Crippen molar-refractivity contribution < 1.29 is 9.59 Å². The lowest BCUT2D eigenvalue weighted by Gasteiger charge is -2.28. The van der Waals surface area contributed by atoms with E-state index in [0.29, 0.717) is 13.0 Å². The molecule has 1 amide bonds. The highest BCUT2D eigenvalue weighted by Crippen LogP contribution is 2.38. The van der Waals surface area contributed by atoms with Gasteiger partial charge in [0.1, 0.15) is 11.2 Å². The predicted octanol–water partition coefficient (Wildman–Crippen LogP) is 0.636. The maximum absolute atomic E-state index is 11.6. The van der Waals surface area contributed by atoms with Crippen LogP contribution in [0.5, 0.6) is 0 Å². The monoisotopic (exact) mass is 167 g/mol. The Morgan fingerprint density at radius 2 is 2.00 bits per heavy atom. The number of amides is 1. The van der Waals surface area contributed by atoms with E-state index < -0.39 is 5.41 Å². The molecule has 1 spiro atoms. The summed E-state index contributed by atoms with van der Waals surface area (Å²) in [5.41, 5.74) is -0.599. The van der Waals surface area contributed by atoms with Gasteiger partial charge in [0.05, 0.1) is 0 Å². The van der Waals surface area contributed by atoms with Crippen molar-refractivity contribution in [1.82, 2.24) is 5.32 Å². The minimum absolute atomic E-state index is 0.0211. The van der Waals surface area contributed by atoms with Crippen molar-refractivity contribution in [1.29, 1.82) is 0 Å². The molecule has 0 radical (unpaired) electrons. The van der Waals surface area contributed by atoms with Gasteiger partial charge in [-0.15, -0.1) is 0 Å². The summed E-state index contributed by atoms with van der Waals surface area (Å²) >= 11 is 0. The Kier molecular flexibility index (Phi) is 1.67. The van der Waals surface area contributed by atoms with E-state index in [1.165, 1.54) is 0 Å². The van der Waals surface area contributed by atoms with Gasteiger partial charge in [-0.2, -0.15) is 0 Å². The molecule has 1 aliphatic carbocycles.